The van der Waals surface area contributed by atoms with Crippen LogP contribution in [0.25, 0.3) is 22.1 Å². The summed E-state index contributed by atoms with van der Waals surface area (Å²) in [5, 5.41) is 3.64. The minimum absolute atomic E-state index is 0.0377. The number of nitrogens with one attached hydrogen (secondary N) is 1. The minimum atomic E-state index is -0.462. The molecule has 3 aromatic heterocycles. The number of rotatable bonds is 7. The SMILES string of the molecule is CC(C)N(C)CC=CC(=O)N1CC[C@@H](n2cc(C(=O)Nc3nc4cc(Cl)ccc4o3)c3c(N)ncnc32)C1. The third kappa shape index (κ3) is 5.07. The number of likely N-dealkylation sites (tertiary alicyclic amines) is 1. The number of fused-ring (bicyclic) bond motifs is 2. The van der Waals surface area contributed by atoms with E-state index in [1.807, 2.05) is 17.7 Å². The van der Waals surface area contributed by atoms with Crippen molar-refractivity contribution in [2.75, 3.05) is 37.7 Å². The van der Waals surface area contributed by atoms with Crippen molar-refractivity contribution >= 4 is 57.4 Å². The quantitative estimate of drug-likeness (QED) is 0.341. The fourth-order valence-corrected chi connectivity index (χ4v) is 4.65. The third-order valence-corrected chi connectivity index (χ3v) is 7.09. The van der Waals surface area contributed by atoms with Crippen molar-refractivity contribution in [1.82, 2.24) is 29.3 Å². The summed E-state index contributed by atoms with van der Waals surface area (Å²) in [6, 6.07) is 5.38. The Labute approximate surface area is 224 Å². The van der Waals surface area contributed by atoms with Crippen LogP contribution in [0.2, 0.25) is 5.02 Å². The Morgan fingerprint density at radius 3 is 2.95 bits per heavy atom. The van der Waals surface area contributed by atoms with Crippen molar-refractivity contribution in [2.24, 2.45) is 0 Å². The summed E-state index contributed by atoms with van der Waals surface area (Å²) in [7, 11) is 2.02. The number of aromatic nitrogens is 4. The first-order chi connectivity index (χ1) is 18.2. The monoisotopic (exact) mass is 536 g/mol. The van der Waals surface area contributed by atoms with Gasteiger partial charge < -0.3 is 24.5 Å². The molecule has 4 aromatic rings. The van der Waals surface area contributed by atoms with E-state index in [4.69, 9.17) is 21.8 Å². The van der Waals surface area contributed by atoms with Crippen molar-refractivity contribution in [3.05, 3.63) is 53.5 Å². The number of hydrogen-bond acceptors (Lipinski definition) is 8. The van der Waals surface area contributed by atoms with Gasteiger partial charge in [0.1, 0.15) is 23.3 Å². The Morgan fingerprint density at radius 2 is 2.16 bits per heavy atom. The molecule has 0 aliphatic carbocycles. The molecule has 1 fully saturated rings. The molecule has 0 spiro atoms. The summed E-state index contributed by atoms with van der Waals surface area (Å²) < 4.78 is 7.54. The summed E-state index contributed by atoms with van der Waals surface area (Å²) in [5.74, 6) is -0.313. The van der Waals surface area contributed by atoms with Gasteiger partial charge in [0, 0.05) is 43.0 Å². The fourth-order valence-electron chi connectivity index (χ4n) is 4.48. The molecule has 1 aliphatic rings. The summed E-state index contributed by atoms with van der Waals surface area (Å²) in [4.78, 5) is 42.8. The predicted octanol–water partition coefficient (Wildman–Crippen LogP) is 3.73. The van der Waals surface area contributed by atoms with Crippen LogP contribution >= 0.6 is 11.6 Å². The fraction of sp³-hybridized carbons (Fsp3) is 0.346. The lowest BCUT2D eigenvalue weighted by Gasteiger charge is -2.19. The molecule has 11 nitrogen and oxygen atoms in total. The lowest BCUT2D eigenvalue weighted by atomic mass is 10.2. The Kier molecular flexibility index (Phi) is 7.04. The van der Waals surface area contributed by atoms with E-state index in [1.54, 1.807) is 35.4 Å². The average Bonchev–Trinajstić information content (AvgIpc) is 3.60. The topological polar surface area (TPSA) is 135 Å². The van der Waals surface area contributed by atoms with Crippen LogP contribution in [0.3, 0.4) is 0 Å². The zero-order valence-corrected chi connectivity index (χ0v) is 22.1. The van der Waals surface area contributed by atoms with Crippen LogP contribution in [-0.4, -0.2) is 73.9 Å². The van der Waals surface area contributed by atoms with Gasteiger partial charge in [-0.3, -0.25) is 14.9 Å². The molecule has 2 amide bonds. The van der Waals surface area contributed by atoms with Gasteiger partial charge in [-0.2, -0.15) is 4.98 Å². The number of benzene rings is 1. The van der Waals surface area contributed by atoms with Crippen LogP contribution in [0, 0.1) is 0 Å². The lowest BCUT2D eigenvalue weighted by Crippen LogP contribution is -2.29. The van der Waals surface area contributed by atoms with Gasteiger partial charge in [-0.15, -0.1) is 0 Å². The van der Waals surface area contributed by atoms with Crippen molar-refractivity contribution < 1.29 is 14.0 Å². The highest BCUT2D eigenvalue weighted by Gasteiger charge is 2.30. The molecule has 0 saturated carbocycles. The van der Waals surface area contributed by atoms with Crippen molar-refractivity contribution in [2.45, 2.75) is 32.4 Å². The van der Waals surface area contributed by atoms with Gasteiger partial charge >= 0.3 is 6.01 Å². The number of halogens is 1. The summed E-state index contributed by atoms with van der Waals surface area (Å²) in [6.07, 6.45) is 7.30. The zero-order chi connectivity index (χ0) is 27.0. The van der Waals surface area contributed by atoms with E-state index in [9.17, 15) is 9.59 Å². The van der Waals surface area contributed by atoms with E-state index >= 15 is 0 Å². The number of oxazole rings is 1. The second-order valence-corrected chi connectivity index (χ2v) is 10.1. The van der Waals surface area contributed by atoms with Crippen molar-refractivity contribution in [1.29, 1.82) is 0 Å². The van der Waals surface area contributed by atoms with E-state index in [1.165, 1.54) is 6.33 Å². The summed E-state index contributed by atoms with van der Waals surface area (Å²) in [5.41, 5.74) is 8.02. The predicted molar refractivity (Wildman–Crippen MR) is 146 cm³/mol. The molecule has 0 bridgehead atoms. The molecule has 198 valence electrons. The van der Waals surface area contributed by atoms with Crippen LogP contribution in [0.5, 0.6) is 0 Å². The Morgan fingerprint density at radius 1 is 1.34 bits per heavy atom. The smallest absolute Gasteiger partial charge is 0.302 e. The molecule has 3 N–H and O–H groups in total. The van der Waals surface area contributed by atoms with E-state index in [0.29, 0.717) is 64.8 Å². The van der Waals surface area contributed by atoms with Gasteiger partial charge in [0.25, 0.3) is 5.91 Å². The van der Waals surface area contributed by atoms with Gasteiger partial charge in [0.05, 0.1) is 17.0 Å². The van der Waals surface area contributed by atoms with E-state index in [0.717, 1.165) is 0 Å². The normalized spacial score (nSPS) is 16.1. The Bertz CT molecular complexity index is 1540. The Balaban J connectivity index is 1.36. The molecule has 1 aliphatic heterocycles. The number of nitrogen functional groups attached to an aromatic ring is 1. The number of amides is 2. The van der Waals surface area contributed by atoms with Gasteiger partial charge in [-0.05, 0) is 45.5 Å². The summed E-state index contributed by atoms with van der Waals surface area (Å²) in [6.45, 7) is 6.00. The molecule has 1 saturated heterocycles. The maximum atomic E-state index is 13.3. The first kappa shape index (κ1) is 25.7. The highest BCUT2D eigenvalue weighted by atomic mass is 35.5. The third-order valence-electron chi connectivity index (χ3n) is 6.86. The molecule has 1 atom stereocenters. The van der Waals surface area contributed by atoms with Gasteiger partial charge in [-0.25, -0.2) is 9.97 Å². The number of carbonyl (C=O) groups is 2. The molecule has 1 aromatic carbocycles. The second kappa shape index (κ2) is 10.4. The van der Waals surface area contributed by atoms with Gasteiger partial charge in [-0.1, -0.05) is 17.7 Å². The first-order valence-corrected chi connectivity index (χ1v) is 12.7. The highest BCUT2D eigenvalue weighted by molar-refractivity contribution is 6.31. The van der Waals surface area contributed by atoms with Gasteiger partial charge in [0.15, 0.2) is 5.58 Å². The van der Waals surface area contributed by atoms with Crippen LogP contribution in [-0.2, 0) is 4.79 Å². The highest BCUT2D eigenvalue weighted by Crippen LogP contribution is 2.32. The van der Waals surface area contributed by atoms with Gasteiger partial charge in [0.2, 0.25) is 5.91 Å². The number of nitrogens with zero attached hydrogens (tertiary/aromatic N) is 6. The maximum absolute atomic E-state index is 13.3. The van der Waals surface area contributed by atoms with Crippen LogP contribution in [0.4, 0.5) is 11.8 Å². The molecule has 0 unspecified atom stereocenters. The molecule has 5 rings (SSSR count). The van der Waals surface area contributed by atoms with Crippen molar-refractivity contribution in [3.8, 4) is 0 Å². The number of anilines is 2. The molecule has 38 heavy (non-hydrogen) atoms. The first-order valence-electron chi connectivity index (χ1n) is 12.4. The van der Waals surface area contributed by atoms with E-state index < -0.39 is 5.91 Å². The van der Waals surface area contributed by atoms with Crippen LogP contribution in [0.15, 0.2) is 47.3 Å². The minimum Gasteiger partial charge on any atom is -0.423 e. The van der Waals surface area contributed by atoms with E-state index in [-0.39, 0.29) is 23.8 Å². The molecule has 4 heterocycles. The summed E-state index contributed by atoms with van der Waals surface area (Å²) >= 11 is 6.03. The molecular weight excluding hydrogens is 508 g/mol. The van der Waals surface area contributed by atoms with Crippen molar-refractivity contribution in [3.63, 3.8) is 0 Å². The zero-order valence-electron chi connectivity index (χ0n) is 21.4. The molecule has 0 radical (unpaired) electrons. The van der Waals surface area contributed by atoms with Crippen LogP contribution < -0.4 is 11.1 Å². The second-order valence-electron chi connectivity index (χ2n) is 9.66. The number of likely N-dealkylation sites (N-methyl/N-ethyl adjacent to an activating group) is 1. The molecule has 12 heteroatoms. The number of carbonyl (C=O) groups excluding carboxylic acids is 2. The maximum Gasteiger partial charge on any atom is 0.302 e. The number of hydrogen-bond donors (Lipinski definition) is 2. The largest absolute Gasteiger partial charge is 0.423 e. The molecular formula is C26H29ClN8O3. The van der Waals surface area contributed by atoms with Crippen LogP contribution in [0.1, 0.15) is 36.7 Å². The number of nitrogens with two attached hydrogens (primary N) is 1. The lowest BCUT2D eigenvalue weighted by molar-refractivity contribution is -0.125. The standard InChI is InChI=1S/C26H29ClN8O3/c1-15(2)33(3)9-4-5-21(36)34-10-8-17(12-34)35-13-18(22-23(28)29-14-30-24(22)35)25(37)32-26-31-19-11-16(27)6-7-20(19)38-26/h4-7,11,13-15,17H,8-10,12H2,1-3H3,(H2,28,29,30)(H,31,32,37)/t17-/m1/s1. The Hall–Kier alpha value is -3.96. The average molecular weight is 537 g/mol. The van der Waals surface area contributed by atoms with E-state index in [2.05, 4.69) is 39.0 Å².